The second-order valence-corrected chi connectivity index (χ2v) is 8.12. The molecule has 3 aromatic carbocycles. The van der Waals surface area contributed by atoms with Gasteiger partial charge in [0.05, 0.1) is 24.6 Å². The van der Waals surface area contributed by atoms with Crippen LogP contribution >= 0.6 is 0 Å². The molecule has 174 valence electrons. The van der Waals surface area contributed by atoms with Crippen molar-refractivity contribution in [3.63, 3.8) is 0 Å². The van der Waals surface area contributed by atoms with Crippen molar-refractivity contribution in [2.24, 2.45) is 5.10 Å². The molecule has 0 saturated heterocycles. The first-order valence-corrected chi connectivity index (χ1v) is 11.2. The second kappa shape index (κ2) is 9.69. The smallest absolute Gasteiger partial charge is 0.342 e. The number of methoxy groups -OCH3 is 1. The van der Waals surface area contributed by atoms with Crippen LogP contribution in [0.1, 0.15) is 23.6 Å². The summed E-state index contributed by atoms with van der Waals surface area (Å²) >= 11 is 0. The third kappa shape index (κ3) is 4.56. The van der Waals surface area contributed by atoms with E-state index < -0.39 is 12.1 Å². The van der Waals surface area contributed by atoms with Gasteiger partial charge in [-0.2, -0.15) is 5.10 Å². The van der Waals surface area contributed by atoms with E-state index in [-0.39, 0.29) is 5.75 Å². The van der Waals surface area contributed by atoms with Crippen molar-refractivity contribution in [2.75, 3.05) is 12.4 Å². The van der Waals surface area contributed by atoms with Gasteiger partial charge in [-0.3, -0.25) is 4.98 Å². The van der Waals surface area contributed by atoms with Crippen LogP contribution in [-0.2, 0) is 0 Å². The van der Waals surface area contributed by atoms with Crippen molar-refractivity contribution in [1.29, 1.82) is 0 Å². The summed E-state index contributed by atoms with van der Waals surface area (Å²) in [4.78, 5) is 17.7. The minimum Gasteiger partial charge on any atom is -0.508 e. The van der Waals surface area contributed by atoms with Gasteiger partial charge >= 0.3 is 6.03 Å². The fourth-order valence-corrected chi connectivity index (χ4v) is 4.20. The molecule has 1 aliphatic heterocycles. The summed E-state index contributed by atoms with van der Waals surface area (Å²) in [5.74, 6) is 0.881. The van der Waals surface area contributed by atoms with Crippen molar-refractivity contribution in [3.8, 4) is 22.6 Å². The first-order valence-electron chi connectivity index (χ1n) is 11.2. The standard InChI is InChI=1S/C28H24N4O3/c1-35-21-14-12-19(13-15-21)22-8-2-4-10-24(22)30-28(34)32-26(23-9-3-5-11-27(23)33)17-25(31-32)20-7-6-16-29-18-20/h2-16,18,26,33H,17H2,1H3,(H,30,34). The largest absolute Gasteiger partial charge is 0.508 e. The normalized spacial score (nSPS) is 14.9. The number of aromatic hydroxyl groups is 1. The number of nitrogens with one attached hydrogen (secondary N) is 1. The molecule has 0 aliphatic carbocycles. The number of carbonyl (C=O) groups is 1. The molecule has 2 amide bonds. The first kappa shape index (κ1) is 22.2. The Kier molecular flexibility index (Phi) is 6.13. The van der Waals surface area contributed by atoms with Crippen molar-refractivity contribution in [3.05, 3.63) is 108 Å². The molecule has 7 heteroatoms. The number of hydrazone groups is 1. The third-order valence-corrected chi connectivity index (χ3v) is 5.98. The Bertz CT molecular complexity index is 1370. The number of phenolic OH excluding ortho intramolecular Hbond substituents is 1. The number of nitrogens with zero attached hydrogens (tertiary/aromatic N) is 3. The maximum Gasteiger partial charge on any atom is 0.342 e. The molecule has 35 heavy (non-hydrogen) atoms. The molecule has 2 heterocycles. The average Bonchev–Trinajstić information content (AvgIpc) is 3.35. The summed E-state index contributed by atoms with van der Waals surface area (Å²) in [6.07, 6.45) is 3.87. The predicted molar refractivity (Wildman–Crippen MR) is 136 cm³/mol. The highest BCUT2D eigenvalue weighted by Crippen LogP contribution is 2.38. The summed E-state index contributed by atoms with van der Waals surface area (Å²) < 4.78 is 5.26. The van der Waals surface area contributed by atoms with Gasteiger partial charge < -0.3 is 15.2 Å². The topological polar surface area (TPSA) is 87.0 Å². The van der Waals surface area contributed by atoms with E-state index in [1.165, 1.54) is 5.01 Å². The Morgan fingerprint density at radius 1 is 0.971 bits per heavy atom. The zero-order valence-electron chi connectivity index (χ0n) is 19.1. The van der Waals surface area contributed by atoms with E-state index in [9.17, 15) is 9.90 Å². The van der Waals surface area contributed by atoms with Crippen molar-refractivity contribution in [1.82, 2.24) is 9.99 Å². The van der Waals surface area contributed by atoms with Gasteiger partial charge in [0.2, 0.25) is 0 Å². The molecule has 4 aromatic rings. The zero-order valence-corrected chi connectivity index (χ0v) is 19.1. The van der Waals surface area contributed by atoms with E-state index >= 15 is 0 Å². The van der Waals surface area contributed by atoms with Gasteiger partial charge in [-0.05, 0) is 35.9 Å². The molecule has 1 aromatic heterocycles. The molecule has 1 aliphatic rings. The van der Waals surface area contributed by atoms with Gasteiger partial charge in [-0.15, -0.1) is 0 Å². The number of hydrogen-bond donors (Lipinski definition) is 2. The van der Waals surface area contributed by atoms with Crippen molar-refractivity contribution in [2.45, 2.75) is 12.5 Å². The molecule has 2 N–H and O–H groups in total. The number of pyridine rings is 1. The molecule has 0 fully saturated rings. The lowest BCUT2D eigenvalue weighted by Gasteiger charge is -2.23. The number of amides is 2. The Balaban J connectivity index is 1.48. The zero-order chi connectivity index (χ0) is 24.2. The quantitative estimate of drug-likeness (QED) is 0.388. The Morgan fingerprint density at radius 2 is 1.74 bits per heavy atom. The maximum absolute atomic E-state index is 13.6. The van der Waals surface area contributed by atoms with E-state index in [1.807, 2.05) is 72.8 Å². The second-order valence-electron chi connectivity index (χ2n) is 8.12. The van der Waals surface area contributed by atoms with E-state index in [4.69, 9.17) is 4.74 Å². The average molecular weight is 465 g/mol. The summed E-state index contributed by atoms with van der Waals surface area (Å²) in [7, 11) is 1.63. The summed E-state index contributed by atoms with van der Waals surface area (Å²) in [6.45, 7) is 0. The molecule has 0 spiro atoms. The number of benzene rings is 3. The lowest BCUT2D eigenvalue weighted by Crippen LogP contribution is -2.31. The van der Waals surface area contributed by atoms with Crippen LogP contribution in [0.2, 0.25) is 0 Å². The number of phenols is 1. The Labute approximate surface area is 203 Å². The fourth-order valence-electron chi connectivity index (χ4n) is 4.20. The number of rotatable bonds is 5. The summed E-state index contributed by atoms with van der Waals surface area (Å²) in [6, 6.07) is 25.2. The number of hydrogen-bond acceptors (Lipinski definition) is 5. The lowest BCUT2D eigenvalue weighted by atomic mass is 9.98. The fraction of sp³-hybridized carbons (Fsp3) is 0.107. The van der Waals surface area contributed by atoms with E-state index in [1.54, 1.807) is 31.6 Å². The van der Waals surface area contributed by atoms with E-state index in [0.717, 1.165) is 28.2 Å². The maximum atomic E-state index is 13.6. The molecule has 5 rings (SSSR count). The third-order valence-electron chi connectivity index (χ3n) is 5.98. The monoisotopic (exact) mass is 464 g/mol. The van der Waals surface area contributed by atoms with E-state index in [2.05, 4.69) is 15.4 Å². The van der Waals surface area contributed by atoms with Gasteiger partial charge in [0, 0.05) is 35.5 Å². The predicted octanol–water partition coefficient (Wildman–Crippen LogP) is 5.85. The van der Waals surface area contributed by atoms with Gasteiger partial charge in [0.15, 0.2) is 0 Å². The van der Waals surface area contributed by atoms with Crippen molar-refractivity contribution >= 4 is 17.4 Å². The minimum absolute atomic E-state index is 0.122. The number of aromatic nitrogens is 1. The van der Waals surface area contributed by atoms with Crippen LogP contribution in [0.25, 0.3) is 11.1 Å². The summed E-state index contributed by atoms with van der Waals surface area (Å²) in [5.41, 5.74) is 4.67. The number of para-hydroxylation sites is 2. The van der Waals surface area contributed by atoms with Crippen LogP contribution in [0, 0.1) is 0 Å². The molecule has 0 saturated carbocycles. The van der Waals surface area contributed by atoms with Crippen LogP contribution in [-0.4, -0.2) is 34.0 Å². The highest BCUT2D eigenvalue weighted by Gasteiger charge is 2.35. The van der Waals surface area contributed by atoms with Crippen LogP contribution in [0.5, 0.6) is 11.5 Å². The van der Waals surface area contributed by atoms with E-state index in [0.29, 0.717) is 17.7 Å². The van der Waals surface area contributed by atoms with Gasteiger partial charge in [-0.25, -0.2) is 9.80 Å². The summed E-state index contributed by atoms with van der Waals surface area (Å²) in [5, 5.41) is 19.6. The van der Waals surface area contributed by atoms with Crippen molar-refractivity contribution < 1.29 is 14.6 Å². The number of anilines is 1. The molecule has 7 nitrogen and oxygen atoms in total. The highest BCUT2D eigenvalue weighted by molar-refractivity contribution is 6.04. The van der Waals surface area contributed by atoms with Crippen LogP contribution < -0.4 is 10.1 Å². The molecule has 1 atom stereocenters. The van der Waals surface area contributed by atoms with Gasteiger partial charge in [0.1, 0.15) is 11.5 Å². The SMILES string of the molecule is COc1ccc(-c2ccccc2NC(=O)N2N=C(c3cccnc3)CC2c2ccccc2O)cc1. The minimum atomic E-state index is -0.459. The lowest BCUT2D eigenvalue weighted by molar-refractivity contribution is 0.199. The number of ether oxygens (including phenoxy) is 1. The van der Waals surface area contributed by atoms with Crippen LogP contribution in [0.4, 0.5) is 10.5 Å². The van der Waals surface area contributed by atoms with Crippen LogP contribution in [0.3, 0.4) is 0 Å². The number of carbonyl (C=O) groups excluding carboxylic acids is 1. The molecule has 0 radical (unpaired) electrons. The van der Waals surface area contributed by atoms with Gasteiger partial charge in [-0.1, -0.05) is 54.6 Å². The van der Waals surface area contributed by atoms with Gasteiger partial charge in [0.25, 0.3) is 0 Å². The Hall–Kier alpha value is -4.65. The number of urea groups is 1. The highest BCUT2D eigenvalue weighted by atomic mass is 16.5. The first-order chi connectivity index (χ1) is 17.1. The molecule has 0 bridgehead atoms. The molecule has 1 unspecified atom stereocenters. The van der Waals surface area contributed by atoms with Crippen LogP contribution in [0.15, 0.2) is 102 Å². The Morgan fingerprint density at radius 3 is 2.49 bits per heavy atom. The molecular formula is C28H24N4O3. The molecular weight excluding hydrogens is 440 g/mol.